The Morgan fingerprint density at radius 3 is 2.05 bits per heavy atom. The van der Waals surface area contributed by atoms with Gasteiger partial charge in [0.2, 0.25) is 0 Å². The minimum absolute atomic E-state index is 0.0567. The van der Waals surface area contributed by atoms with Crippen molar-refractivity contribution in [3.05, 3.63) is 23.8 Å². The van der Waals surface area contributed by atoms with E-state index in [-0.39, 0.29) is 11.8 Å². The van der Waals surface area contributed by atoms with Crippen LogP contribution in [0, 0.1) is 0 Å². The van der Waals surface area contributed by atoms with E-state index >= 15 is 0 Å². The summed E-state index contributed by atoms with van der Waals surface area (Å²) < 4.78 is 32.9. The van der Waals surface area contributed by atoms with Crippen molar-refractivity contribution in [1.29, 1.82) is 0 Å². The molecule has 6 heteroatoms. The van der Waals surface area contributed by atoms with E-state index in [9.17, 15) is 8.42 Å². The van der Waals surface area contributed by atoms with E-state index in [1.165, 1.54) is 6.26 Å². The normalized spacial score (nSPS) is 13.1. The molecule has 0 saturated carbocycles. The van der Waals surface area contributed by atoms with E-state index < -0.39 is 9.84 Å². The van der Waals surface area contributed by atoms with Gasteiger partial charge in [-0.05, 0) is 31.2 Å². The third-order valence-electron chi connectivity index (χ3n) is 2.90. The first-order chi connectivity index (χ1) is 8.89. The van der Waals surface area contributed by atoms with E-state index in [2.05, 4.69) is 5.32 Å². The highest BCUT2D eigenvalue weighted by Crippen LogP contribution is 2.27. The molecule has 1 aromatic rings. The molecule has 19 heavy (non-hydrogen) atoms. The second-order valence-electron chi connectivity index (χ2n) is 4.41. The SMILES string of the molecule is CNC(CCS(C)(=O)=O)c1cc(OC)cc(OC)c1. The van der Waals surface area contributed by atoms with Gasteiger partial charge in [-0.1, -0.05) is 0 Å². The number of benzene rings is 1. The van der Waals surface area contributed by atoms with Crippen molar-refractivity contribution in [1.82, 2.24) is 5.32 Å². The Balaban J connectivity index is 2.96. The van der Waals surface area contributed by atoms with Crippen molar-refractivity contribution in [2.45, 2.75) is 12.5 Å². The minimum atomic E-state index is -2.97. The summed E-state index contributed by atoms with van der Waals surface area (Å²) in [4.78, 5) is 0. The topological polar surface area (TPSA) is 64.6 Å². The Kier molecular flexibility index (Phi) is 5.62. The van der Waals surface area contributed by atoms with Gasteiger partial charge in [0.1, 0.15) is 21.3 Å². The van der Waals surface area contributed by atoms with Crippen LogP contribution in [0.2, 0.25) is 0 Å². The Bertz CT molecular complexity index is 491. The summed E-state index contributed by atoms with van der Waals surface area (Å²) in [5, 5.41) is 3.12. The first-order valence-corrected chi connectivity index (χ1v) is 8.03. The molecule has 1 N–H and O–H groups in total. The van der Waals surface area contributed by atoms with Crippen LogP contribution in [0.1, 0.15) is 18.0 Å². The molecule has 0 bridgehead atoms. The minimum Gasteiger partial charge on any atom is -0.497 e. The summed E-state index contributed by atoms with van der Waals surface area (Å²) in [6, 6.07) is 5.49. The highest BCUT2D eigenvalue weighted by atomic mass is 32.2. The van der Waals surface area contributed by atoms with Crippen LogP contribution in [0.3, 0.4) is 0 Å². The number of ether oxygens (including phenoxy) is 2. The Labute approximate surface area is 114 Å². The lowest BCUT2D eigenvalue weighted by Gasteiger charge is -2.18. The quantitative estimate of drug-likeness (QED) is 0.821. The van der Waals surface area contributed by atoms with Crippen LogP contribution in [0.5, 0.6) is 11.5 Å². The van der Waals surface area contributed by atoms with Gasteiger partial charge in [0.25, 0.3) is 0 Å². The molecule has 1 rings (SSSR count). The average molecular weight is 287 g/mol. The first kappa shape index (κ1) is 15.8. The third-order valence-corrected chi connectivity index (χ3v) is 3.88. The lowest BCUT2D eigenvalue weighted by atomic mass is 10.0. The van der Waals surface area contributed by atoms with E-state index in [1.54, 1.807) is 27.3 Å². The van der Waals surface area contributed by atoms with E-state index in [1.807, 2.05) is 12.1 Å². The molecule has 0 radical (unpaired) electrons. The van der Waals surface area contributed by atoms with Gasteiger partial charge in [0, 0.05) is 18.4 Å². The molecule has 1 unspecified atom stereocenters. The summed E-state index contributed by atoms with van der Waals surface area (Å²) in [5.41, 5.74) is 0.947. The monoisotopic (exact) mass is 287 g/mol. The van der Waals surface area contributed by atoms with Gasteiger partial charge in [-0.15, -0.1) is 0 Å². The number of hydrogen-bond acceptors (Lipinski definition) is 5. The molecule has 0 aliphatic carbocycles. The summed E-state index contributed by atoms with van der Waals surface area (Å²) in [6.45, 7) is 0. The van der Waals surface area contributed by atoms with Gasteiger partial charge in [-0.3, -0.25) is 0 Å². The number of methoxy groups -OCH3 is 2. The fraction of sp³-hybridized carbons (Fsp3) is 0.538. The Hall–Kier alpha value is -1.27. The third kappa shape index (κ3) is 5.08. The molecular weight excluding hydrogens is 266 g/mol. The fourth-order valence-corrected chi connectivity index (χ4v) is 2.50. The summed E-state index contributed by atoms with van der Waals surface area (Å²) in [6.07, 6.45) is 1.75. The second kappa shape index (κ2) is 6.77. The maximum absolute atomic E-state index is 11.3. The zero-order valence-corrected chi connectivity index (χ0v) is 12.6. The number of sulfone groups is 1. The van der Waals surface area contributed by atoms with Crippen molar-refractivity contribution in [3.8, 4) is 11.5 Å². The van der Waals surface area contributed by atoms with E-state index in [4.69, 9.17) is 9.47 Å². The van der Waals surface area contributed by atoms with Gasteiger partial charge in [0.15, 0.2) is 0 Å². The number of nitrogens with one attached hydrogen (secondary N) is 1. The van der Waals surface area contributed by atoms with Crippen molar-refractivity contribution >= 4 is 9.84 Å². The molecule has 108 valence electrons. The van der Waals surface area contributed by atoms with Crippen LogP contribution in [0.15, 0.2) is 18.2 Å². The maximum Gasteiger partial charge on any atom is 0.147 e. The molecule has 0 aromatic heterocycles. The predicted molar refractivity (Wildman–Crippen MR) is 75.7 cm³/mol. The van der Waals surface area contributed by atoms with Crippen LogP contribution in [0.4, 0.5) is 0 Å². The number of hydrogen-bond donors (Lipinski definition) is 1. The zero-order chi connectivity index (χ0) is 14.5. The van der Waals surface area contributed by atoms with Crippen molar-refractivity contribution in [2.24, 2.45) is 0 Å². The van der Waals surface area contributed by atoms with Gasteiger partial charge < -0.3 is 14.8 Å². The first-order valence-electron chi connectivity index (χ1n) is 5.97. The summed E-state index contributed by atoms with van der Waals surface area (Å²) in [5.74, 6) is 1.51. The molecule has 1 atom stereocenters. The molecule has 0 spiro atoms. The van der Waals surface area contributed by atoms with E-state index in [0.29, 0.717) is 17.9 Å². The average Bonchev–Trinajstić information content (AvgIpc) is 2.37. The van der Waals surface area contributed by atoms with Crippen molar-refractivity contribution in [3.63, 3.8) is 0 Å². The fourth-order valence-electron chi connectivity index (χ4n) is 1.84. The van der Waals surface area contributed by atoms with Gasteiger partial charge in [-0.25, -0.2) is 8.42 Å². The van der Waals surface area contributed by atoms with E-state index in [0.717, 1.165) is 5.56 Å². The van der Waals surface area contributed by atoms with Crippen LogP contribution >= 0.6 is 0 Å². The van der Waals surface area contributed by atoms with Gasteiger partial charge >= 0.3 is 0 Å². The van der Waals surface area contributed by atoms with Crippen molar-refractivity contribution in [2.75, 3.05) is 33.3 Å². The van der Waals surface area contributed by atoms with Crippen LogP contribution in [-0.4, -0.2) is 41.7 Å². The zero-order valence-electron chi connectivity index (χ0n) is 11.8. The lowest BCUT2D eigenvalue weighted by molar-refractivity contribution is 0.391. The molecule has 0 heterocycles. The van der Waals surface area contributed by atoms with Crippen LogP contribution in [-0.2, 0) is 9.84 Å². The lowest BCUT2D eigenvalue weighted by Crippen LogP contribution is -2.20. The number of rotatable bonds is 7. The second-order valence-corrected chi connectivity index (χ2v) is 6.67. The Morgan fingerprint density at radius 2 is 1.68 bits per heavy atom. The standard InChI is InChI=1S/C13H21NO4S/c1-14-13(5-6-19(4,15)16)10-7-11(17-2)9-12(8-10)18-3/h7-9,13-14H,5-6H2,1-4H3. The molecule has 0 aliphatic heterocycles. The maximum atomic E-state index is 11.3. The highest BCUT2D eigenvalue weighted by Gasteiger charge is 2.14. The smallest absolute Gasteiger partial charge is 0.147 e. The Morgan fingerprint density at radius 1 is 1.16 bits per heavy atom. The van der Waals surface area contributed by atoms with Crippen LogP contribution in [0.25, 0.3) is 0 Å². The molecule has 0 amide bonds. The van der Waals surface area contributed by atoms with Crippen LogP contribution < -0.4 is 14.8 Å². The summed E-state index contributed by atoms with van der Waals surface area (Å²) >= 11 is 0. The molecular formula is C13H21NO4S. The van der Waals surface area contributed by atoms with Gasteiger partial charge in [0.05, 0.1) is 20.0 Å². The molecule has 5 nitrogen and oxygen atoms in total. The molecule has 1 aromatic carbocycles. The molecule has 0 aliphatic rings. The van der Waals surface area contributed by atoms with Crippen molar-refractivity contribution < 1.29 is 17.9 Å². The molecule has 0 fully saturated rings. The molecule has 0 saturated heterocycles. The summed E-state index contributed by atoms with van der Waals surface area (Å²) in [7, 11) is 2.01. The predicted octanol–water partition coefficient (Wildman–Crippen LogP) is 1.40. The largest absolute Gasteiger partial charge is 0.497 e. The highest BCUT2D eigenvalue weighted by molar-refractivity contribution is 7.90. The van der Waals surface area contributed by atoms with Gasteiger partial charge in [-0.2, -0.15) is 0 Å².